The highest BCUT2D eigenvalue weighted by Crippen LogP contribution is 2.31. The van der Waals surface area contributed by atoms with Gasteiger partial charge in [-0.15, -0.1) is 0 Å². The van der Waals surface area contributed by atoms with Crippen molar-refractivity contribution in [1.82, 2.24) is 10.2 Å². The molecule has 2 aromatic rings. The standard InChI is InChI=1S/C23H27N3O5/c1-31-20-12-8-17(9-13-20)21-5-3-2-4-16-25(21)22(27)14-15-24-23(28)18-6-10-19(11-7-18)26(29)30/h6-13,21H,2-5,14-16H2,1H3,(H,24,28). The van der Waals surface area contributed by atoms with Gasteiger partial charge in [-0.25, -0.2) is 0 Å². The Kier molecular flexibility index (Phi) is 7.59. The van der Waals surface area contributed by atoms with Crippen LogP contribution in [0.4, 0.5) is 5.69 Å². The number of likely N-dealkylation sites (tertiary alicyclic amines) is 1. The van der Waals surface area contributed by atoms with Crippen molar-refractivity contribution in [2.45, 2.75) is 38.1 Å². The smallest absolute Gasteiger partial charge is 0.269 e. The van der Waals surface area contributed by atoms with Crippen molar-refractivity contribution >= 4 is 17.5 Å². The Morgan fingerprint density at radius 3 is 2.45 bits per heavy atom. The quantitative estimate of drug-likeness (QED) is 0.536. The van der Waals surface area contributed by atoms with Crippen LogP contribution in [0, 0.1) is 10.1 Å². The molecule has 3 rings (SSSR count). The second-order valence-corrected chi connectivity index (χ2v) is 7.54. The third-order valence-electron chi connectivity index (χ3n) is 5.54. The van der Waals surface area contributed by atoms with Gasteiger partial charge in [-0.2, -0.15) is 0 Å². The minimum atomic E-state index is -0.513. The summed E-state index contributed by atoms with van der Waals surface area (Å²) < 4.78 is 5.23. The third kappa shape index (κ3) is 5.81. The van der Waals surface area contributed by atoms with Crippen molar-refractivity contribution in [3.05, 3.63) is 69.8 Å². The van der Waals surface area contributed by atoms with E-state index in [1.165, 1.54) is 24.3 Å². The average molecular weight is 425 g/mol. The van der Waals surface area contributed by atoms with E-state index in [1.54, 1.807) is 7.11 Å². The lowest BCUT2D eigenvalue weighted by Crippen LogP contribution is -2.37. The van der Waals surface area contributed by atoms with Crippen LogP contribution >= 0.6 is 0 Å². The SMILES string of the molecule is COc1ccc(C2CCCCCN2C(=O)CCNC(=O)c2ccc([N+](=O)[O-])cc2)cc1. The molecule has 1 saturated heterocycles. The summed E-state index contributed by atoms with van der Waals surface area (Å²) in [4.78, 5) is 37.4. The van der Waals surface area contributed by atoms with Crippen LogP contribution in [0.3, 0.4) is 0 Å². The fourth-order valence-electron chi connectivity index (χ4n) is 3.84. The van der Waals surface area contributed by atoms with Crippen LogP contribution in [0.25, 0.3) is 0 Å². The Labute approximate surface area is 181 Å². The number of nitro benzene ring substituents is 1. The fraction of sp³-hybridized carbons (Fsp3) is 0.391. The van der Waals surface area contributed by atoms with E-state index in [0.29, 0.717) is 12.1 Å². The van der Waals surface area contributed by atoms with Gasteiger partial charge < -0.3 is 15.0 Å². The highest BCUT2D eigenvalue weighted by Gasteiger charge is 2.26. The van der Waals surface area contributed by atoms with E-state index in [9.17, 15) is 19.7 Å². The van der Waals surface area contributed by atoms with Gasteiger partial charge in [0.25, 0.3) is 11.6 Å². The van der Waals surface area contributed by atoms with E-state index in [2.05, 4.69) is 5.32 Å². The van der Waals surface area contributed by atoms with Gasteiger partial charge >= 0.3 is 0 Å². The van der Waals surface area contributed by atoms with Crippen LogP contribution in [0.1, 0.15) is 54.1 Å². The number of non-ortho nitro benzene ring substituents is 1. The zero-order valence-electron chi connectivity index (χ0n) is 17.6. The number of rotatable bonds is 7. The molecule has 0 aliphatic carbocycles. The summed E-state index contributed by atoms with van der Waals surface area (Å²) in [5, 5.41) is 13.5. The predicted octanol–water partition coefficient (Wildman–Crippen LogP) is 3.87. The van der Waals surface area contributed by atoms with Crippen LogP contribution in [-0.2, 0) is 4.79 Å². The first kappa shape index (κ1) is 22.3. The zero-order valence-corrected chi connectivity index (χ0v) is 17.6. The molecule has 8 heteroatoms. The Balaban J connectivity index is 1.59. The first-order valence-corrected chi connectivity index (χ1v) is 10.5. The summed E-state index contributed by atoms with van der Waals surface area (Å²) in [5.74, 6) is 0.432. The lowest BCUT2D eigenvalue weighted by Gasteiger charge is -2.31. The van der Waals surface area contributed by atoms with Crippen LogP contribution in [-0.4, -0.2) is 41.8 Å². The van der Waals surface area contributed by atoms with E-state index in [0.717, 1.165) is 37.0 Å². The van der Waals surface area contributed by atoms with E-state index < -0.39 is 4.92 Å². The maximum atomic E-state index is 13.0. The Bertz CT molecular complexity index is 912. The van der Waals surface area contributed by atoms with Gasteiger partial charge in [-0.1, -0.05) is 25.0 Å². The van der Waals surface area contributed by atoms with Crippen molar-refractivity contribution in [1.29, 1.82) is 0 Å². The Morgan fingerprint density at radius 2 is 1.81 bits per heavy atom. The number of amides is 2. The van der Waals surface area contributed by atoms with E-state index in [4.69, 9.17) is 4.74 Å². The molecule has 1 aliphatic heterocycles. The van der Waals surface area contributed by atoms with Crippen LogP contribution in [0.2, 0.25) is 0 Å². The average Bonchev–Trinajstić information content (AvgIpc) is 3.05. The Hall–Kier alpha value is -3.42. The van der Waals surface area contributed by atoms with E-state index in [-0.39, 0.29) is 36.5 Å². The summed E-state index contributed by atoms with van der Waals surface area (Å²) in [6.07, 6.45) is 4.23. The maximum absolute atomic E-state index is 13.0. The second-order valence-electron chi connectivity index (χ2n) is 7.54. The number of benzene rings is 2. The molecule has 0 aromatic heterocycles. The van der Waals surface area contributed by atoms with Crippen molar-refractivity contribution in [2.24, 2.45) is 0 Å². The largest absolute Gasteiger partial charge is 0.497 e. The maximum Gasteiger partial charge on any atom is 0.269 e. The number of methoxy groups -OCH3 is 1. The molecule has 0 radical (unpaired) electrons. The van der Waals surface area contributed by atoms with Gasteiger partial charge in [-0.3, -0.25) is 19.7 Å². The molecule has 1 N–H and O–H groups in total. The minimum Gasteiger partial charge on any atom is -0.497 e. The molecule has 8 nitrogen and oxygen atoms in total. The van der Waals surface area contributed by atoms with Crippen molar-refractivity contribution in [3.8, 4) is 5.75 Å². The normalized spacial score (nSPS) is 16.3. The lowest BCUT2D eigenvalue weighted by molar-refractivity contribution is -0.384. The number of nitro groups is 1. The molecular weight excluding hydrogens is 398 g/mol. The predicted molar refractivity (Wildman–Crippen MR) is 116 cm³/mol. The molecular formula is C23H27N3O5. The molecule has 1 unspecified atom stereocenters. The van der Waals surface area contributed by atoms with Crippen LogP contribution in [0.5, 0.6) is 5.75 Å². The topological polar surface area (TPSA) is 102 Å². The number of carbonyl (C=O) groups excluding carboxylic acids is 2. The monoisotopic (exact) mass is 425 g/mol. The molecule has 0 bridgehead atoms. The number of carbonyl (C=O) groups is 2. The van der Waals surface area contributed by atoms with Gasteiger partial charge in [0.2, 0.25) is 5.91 Å². The molecule has 1 fully saturated rings. The minimum absolute atomic E-state index is 0.00622. The van der Waals surface area contributed by atoms with Crippen molar-refractivity contribution in [2.75, 3.05) is 20.2 Å². The molecule has 1 aliphatic rings. The number of nitrogens with zero attached hydrogens (tertiary/aromatic N) is 2. The summed E-state index contributed by atoms with van der Waals surface area (Å²) in [6.45, 7) is 0.909. The summed E-state index contributed by atoms with van der Waals surface area (Å²) in [7, 11) is 1.63. The molecule has 2 amide bonds. The van der Waals surface area contributed by atoms with E-state index >= 15 is 0 Å². The van der Waals surface area contributed by atoms with Crippen molar-refractivity contribution in [3.63, 3.8) is 0 Å². The highest BCUT2D eigenvalue weighted by atomic mass is 16.6. The number of hydrogen-bond donors (Lipinski definition) is 1. The molecule has 0 saturated carbocycles. The Morgan fingerprint density at radius 1 is 1.10 bits per heavy atom. The number of ether oxygens (including phenoxy) is 1. The summed E-state index contributed by atoms with van der Waals surface area (Å²) in [5.41, 5.74) is 1.34. The highest BCUT2D eigenvalue weighted by molar-refractivity contribution is 5.94. The van der Waals surface area contributed by atoms with Gasteiger partial charge in [0.15, 0.2) is 0 Å². The first-order chi connectivity index (χ1) is 15.0. The molecule has 0 spiro atoms. The third-order valence-corrected chi connectivity index (χ3v) is 5.54. The van der Waals surface area contributed by atoms with Crippen LogP contribution < -0.4 is 10.1 Å². The molecule has 2 aromatic carbocycles. The molecule has 164 valence electrons. The molecule has 1 heterocycles. The second kappa shape index (κ2) is 10.6. The lowest BCUT2D eigenvalue weighted by atomic mass is 10.0. The van der Waals surface area contributed by atoms with Gasteiger partial charge in [-0.05, 0) is 42.7 Å². The zero-order chi connectivity index (χ0) is 22.2. The summed E-state index contributed by atoms with van der Waals surface area (Å²) >= 11 is 0. The van der Waals surface area contributed by atoms with Gasteiger partial charge in [0, 0.05) is 37.2 Å². The van der Waals surface area contributed by atoms with E-state index in [1.807, 2.05) is 29.2 Å². The van der Waals surface area contributed by atoms with Crippen molar-refractivity contribution < 1.29 is 19.2 Å². The van der Waals surface area contributed by atoms with Gasteiger partial charge in [0.05, 0.1) is 18.1 Å². The van der Waals surface area contributed by atoms with Crippen LogP contribution in [0.15, 0.2) is 48.5 Å². The first-order valence-electron chi connectivity index (χ1n) is 10.5. The summed E-state index contributed by atoms with van der Waals surface area (Å²) in [6, 6.07) is 13.2. The van der Waals surface area contributed by atoms with Gasteiger partial charge in [0.1, 0.15) is 5.75 Å². The number of nitrogens with one attached hydrogen (secondary N) is 1. The molecule has 31 heavy (non-hydrogen) atoms. The molecule has 1 atom stereocenters. The fourth-order valence-corrected chi connectivity index (χ4v) is 3.84. The number of hydrogen-bond acceptors (Lipinski definition) is 5.